The molecule has 5 heteroatoms. The van der Waals surface area contributed by atoms with E-state index in [2.05, 4.69) is 5.10 Å². The van der Waals surface area contributed by atoms with Crippen molar-refractivity contribution in [2.75, 3.05) is 13.1 Å². The molecule has 2 aliphatic rings. The summed E-state index contributed by atoms with van der Waals surface area (Å²) in [7, 11) is 0. The predicted molar refractivity (Wildman–Crippen MR) is 92.6 cm³/mol. The topological polar surface area (TPSA) is 55.2 Å². The van der Waals surface area contributed by atoms with Gasteiger partial charge in [-0.25, -0.2) is 0 Å². The van der Waals surface area contributed by atoms with Gasteiger partial charge in [0, 0.05) is 18.5 Å². The zero-order chi connectivity index (χ0) is 16.5. The van der Waals surface area contributed by atoms with E-state index in [-0.39, 0.29) is 17.9 Å². The van der Waals surface area contributed by atoms with E-state index in [0.717, 1.165) is 30.9 Å². The van der Waals surface area contributed by atoms with E-state index in [1.807, 2.05) is 23.1 Å². The Bertz CT molecular complexity index is 814. The first-order valence-corrected chi connectivity index (χ1v) is 8.95. The lowest BCUT2D eigenvalue weighted by atomic mass is 9.75. The lowest BCUT2D eigenvalue weighted by Crippen LogP contribution is -2.46. The first-order valence-electron chi connectivity index (χ1n) is 8.95. The third kappa shape index (κ3) is 2.83. The molecule has 24 heavy (non-hydrogen) atoms. The fourth-order valence-electron chi connectivity index (χ4n) is 4.34. The van der Waals surface area contributed by atoms with Crippen molar-refractivity contribution in [1.82, 2.24) is 14.7 Å². The molecule has 2 fully saturated rings. The maximum atomic E-state index is 12.8. The van der Waals surface area contributed by atoms with Crippen LogP contribution in [0.1, 0.15) is 32.1 Å². The second-order valence-corrected chi connectivity index (χ2v) is 7.12. The van der Waals surface area contributed by atoms with Crippen LogP contribution in [0.5, 0.6) is 0 Å². The summed E-state index contributed by atoms with van der Waals surface area (Å²) >= 11 is 0. The minimum atomic E-state index is -0.0997. The highest BCUT2D eigenvalue weighted by atomic mass is 16.2. The zero-order valence-electron chi connectivity index (χ0n) is 13.9. The van der Waals surface area contributed by atoms with Crippen LogP contribution in [0.2, 0.25) is 0 Å². The molecule has 2 aromatic rings. The summed E-state index contributed by atoms with van der Waals surface area (Å²) in [5.74, 6) is 1.60. The van der Waals surface area contributed by atoms with Gasteiger partial charge in [-0.05, 0) is 36.8 Å². The highest BCUT2D eigenvalue weighted by Crippen LogP contribution is 2.36. The van der Waals surface area contributed by atoms with Gasteiger partial charge in [-0.15, -0.1) is 0 Å². The number of carbonyl (C=O) groups excluding carboxylic acids is 1. The van der Waals surface area contributed by atoms with Crippen LogP contribution in [0.4, 0.5) is 0 Å². The molecule has 0 bridgehead atoms. The lowest BCUT2D eigenvalue weighted by Gasteiger charge is -2.41. The summed E-state index contributed by atoms with van der Waals surface area (Å²) < 4.78 is 1.66. The quantitative estimate of drug-likeness (QED) is 0.852. The molecule has 2 heterocycles. The molecule has 0 spiro atoms. The molecular weight excluding hydrogens is 302 g/mol. The second kappa shape index (κ2) is 6.38. The summed E-state index contributed by atoms with van der Waals surface area (Å²) in [6.45, 7) is 1.96. The van der Waals surface area contributed by atoms with E-state index in [1.165, 1.54) is 31.9 Å². The van der Waals surface area contributed by atoms with Crippen LogP contribution in [0.25, 0.3) is 10.9 Å². The molecule has 0 radical (unpaired) electrons. The molecule has 126 valence electrons. The van der Waals surface area contributed by atoms with Crippen molar-refractivity contribution >= 4 is 16.8 Å². The highest BCUT2D eigenvalue weighted by Gasteiger charge is 2.32. The number of hydrogen-bond acceptors (Lipinski definition) is 3. The molecule has 1 saturated heterocycles. The standard InChI is InChI=1S/C19H23N3O2/c23-18-11-20-22(17-8-4-3-7-16(17)18)13-19(24)21-10-9-14-5-1-2-6-15(14)12-21/h3-4,7-8,11,14-15H,1-2,5-6,9-10,12-13H2/t14-,15-/m1/s1. The number of carbonyl (C=O) groups is 1. The van der Waals surface area contributed by atoms with Gasteiger partial charge in [0.1, 0.15) is 6.54 Å². The van der Waals surface area contributed by atoms with Gasteiger partial charge >= 0.3 is 0 Å². The number of hydrogen-bond donors (Lipinski definition) is 0. The van der Waals surface area contributed by atoms with Crippen molar-refractivity contribution in [3.8, 4) is 0 Å². The number of aromatic nitrogens is 2. The van der Waals surface area contributed by atoms with Crippen molar-refractivity contribution in [3.05, 3.63) is 40.7 Å². The predicted octanol–water partition coefficient (Wildman–Crippen LogP) is 2.44. The average molecular weight is 325 g/mol. The number of para-hydroxylation sites is 1. The number of nitrogens with zero attached hydrogens (tertiary/aromatic N) is 3. The third-order valence-electron chi connectivity index (χ3n) is 5.69. The molecule has 0 unspecified atom stereocenters. The first-order chi connectivity index (χ1) is 11.7. The molecule has 1 saturated carbocycles. The fraction of sp³-hybridized carbons (Fsp3) is 0.526. The van der Waals surface area contributed by atoms with E-state index in [4.69, 9.17) is 0 Å². The molecule has 1 aromatic heterocycles. The molecule has 1 amide bonds. The van der Waals surface area contributed by atoms with Crippen molar-refractivity contribution < 1.29 is 4.79 Å². The van der Waals surface area contributed by atoms with Gasteiger partial charge in [0.2, 0.25) is 11.3 Å². The molecule has 1 aromatic carbocycles. The number of rotatable bonds is 2. The number of benzene rings is 1. The Labute approximate surface area is 141 Å². The van der Waals surface area contributed by atoms with E-state index in [1.54, 1.807) is 10.7 Å². The number of amides is 1. The van der Waals surface area contributed by atoms with Crippen LogP contribution in [0, 0.1) is 11.8 Å². The highest BCUT2D eigenvalue weighted by molar-refractivity contribution is 5.81. The summed E-state index contributed by atoms with van der Waals surface area (Å²) in [4.78, 5) is 26.7. The Morgan fingerprint density at radius 3 is 2.79 bits per heavy atom. The van der Waals surface area contributed by atoms with Gasteiger partial charge < -0.3 is 4.90 Å². The van der Waals surface area contributed by atoms with Crippen LogP contribution >= 0.6 is 0 Å². The SMILES string of the molecule is O=C(Cn1ncc(=O)c2ccccc21)N1CC[C@H]2CCCC[C@@H]2C1. The van der Waals surface area contributed by atoms with Gasteiger partial charge in [0.15, 0.2) is 0 Å². The van der Waals surface area contributed by atoms with Crippen LogP contribution in [0.3, 0.4) is 0 Å². The largest absolute Gasteiger partial charge is 0.341 e. The Morgan fingerprint density at radius 2 is 1.92 bits per heavy atom. The van der Waals surface area contributed by atoms with Gasteiger partial charge in [-0.3, -0.25) is 14.3 Å². The number of piperidine rings is 1. The van der Waals surface area contributed by atoms with Gasteiger partial charge in [0.25, 0.3) is 0 Å². The van der Waals surface area contributed by atoms with E-state index < -0.39 is 0 Å². The minimum Gasteiger partial charge on any atom is -0.341 e. The van der Waals surface area contributed by atoms with E-state index >= 15 is 0 Å². The normalized spacial score (nSPS) is 23.9. The van der Waals surface area contributed by atoms with Gasteiger partial charge in [0.05, 0.1) is 11.7 Å². The lowest BCUT2D eigenvalue weighted by molar-refractivity contribution is -0.135. The van der Waals surface area contributed by atoms with Gasteiger partial charge in [-0.2, -0.15) is 5.10 Å². The summed E-state index contributed by atoms with van der Waals surface area (Å²) in [6, 6.07) is 7.35. The average Bonchev–Trinajstić information content (AvgIpc) is 2.64. The van der Waals surface area contributed by atoms with Gasteiger partial charge in [-0.1, -0.05) is 31.4 Å². The molecule has 1 aliphatic heterocycles. The van der Waals surface area contributed by atoms with Crippen LogP contribution in [0.15, 0.2) is 35.3 Å². The summed E-state index contributed by atoms with van der Waals surface area (Å²) in [5.41, 5.74) is 0.628. The Balaban J connectivity index is 1.52. The Hall–Kier alpha value is -2.17. The molecule has 1 aliphatic carbocycles. The zero-order valence-corrected chi connectivity index (χ0v) is 13.9. The first kappa shape index (κ1) is 15.4. The molecular formula is C19H23N3O2. The van der Waals surface area contributed by atoms with Crippen molar-refractivity contribution in [2.24, 2.45) is 11.8 Å². The molecule has 5 nitrogen and oxygen atoms in total. The van der Waals surface area contributed by atoms with E-state index in [0.29, 0.717) is 11.3 Å². The monoisotopic (exact) mass is 325 g/mol. The maximum absolute atomic E-state index is 12.8. The fourth-order valence-corrected chi connectivity index (χ4v) is 4.34. The molecule has 2 atom stereocenters. The summed E-state index contributed by atoms with van der Waals surface area (Å²) in [6.07, 6.45) is 7.68. The number of fused-ring (bicyclic) bond motifs is 2. The second-order valence-electron chi connectivity index (χ2n) is 7.12. The summed E-state index contributed by atoms with van der Waals surface area (Å²) in [5, 5.41) is 4.80. The molecule has 0 N–H and O–H groups in total. The minimum absolute atomic E-state index is 0.0997. The smallest absolute Gasteiger partial charge is 0.244 e. The number of likely N-dealkylation sites (tertiary alicyclic amines) is 1. The maximum Gasteiger partial charge on any atom is 0.244 e. The molecule has 4 rings (SSSR count). The van der Waals surface area contributed by atoms with Crippen molar-refractivity contribution in [3.63, 3.8) is 0 Å². The van der Waals surface area contributed by atoms with Crippen molar-refractivity contribution in [1.29, 1.82) is 0 Å². The third-order valence-corrected chi connectivity index (χ3v) is 5.69. The van der Waals surface area contributed by atoms with Crippen LogP contribution in [-0.4, -0.2) is 33.7 Å². The van der Waals surface area contributed by atoms with E-state index in [9.17, 15) is 9.59 Å². The Kier molecular flexibility index (Phi) is 4.08. The van der Waals surface area contributed by atoms with Crippen LogP contribution < -0.4 is 5.43 Å². The van der Waals surface area contributed by atoms with Crippen molar-refractivity contribution in [2.45, 2.75) is 38.6 Å². The van der Waals surface area contributed by atoms with Crippen LogP contribution in [-0.2, 0) is 11.3 Å². The Morgan fingerprint density at radius 1 is 1.12 bits per heavy atom.